The topological polar surface area (TPSA) is 81.9 Å². The van der Waals surface area contributed by atoms with Crippen LogP contribution in [0.1, 0.15) is 72.9 Å². The number of carbonyl (C=O) groups excluding carboxylic acids is 1. The van der Waals surface area contributed by atoms with Crippen LogP contribution in [-0.4, -0.2) is 48.6 Å². The van der Waals surface area contributed by atoms with Crippen LogP contribution in [0.25, 0.3) is 0 Å². The van der Waals surface area contributed by atoms with E-state index in [9.17, 15) is 14.9 Å². The molecule has 1 rings (SSSR count). The third kappa shape index (κ3) is 6.69. The minimum Gasteiger partial charge on any atom is -0.497 e. The number of rotatable bonds is 9. The van der Waals surface area contributed by atoms with Crippen LogP contribution in [0.15, 0.2) is 12.1 Å². The second-order valence-electron chi connectivity index (χ2n) is 9.59. The van der Waals surface area contributed by atoms with Crippen molar-refractivity contribution in [3.05, 3.63) is 33.4 Å². The largest absolute Gasteiger partial charge is 0.497 e. The molecule has 7 heteroatoms. The van der Waals surface area contributed by atoms with Crippen LogP contribution in [0.4, 0.5) is 0 Å². The Balaban J connectivity index is 3.41. The van der Waals surface area contributed by atoms with Gasteiger partial charge in [-0.25, -0.2) is 4.79 Å². The molecule has 0 heterocycles. The van der Waals surface area contributed by atoms with E-state index in [0.717, 1.165) is 24.2 Å². The van der Waals surface area contributed by atoms with Gasteiger partial charge in [-0.1, -0.05) is 55.4 Å². The van der Waals surface area contributed by atoms with Gasteiger partial charge in [0.15, 0.2) is 0 Å². The van der Waals surface area contributed by atoms with E-state index in [2.05, 4.69) is 4.90 Å². The number of ether oxygens (including phenoxy) is 2. The van der Waals surface area contributed by atoms with Crippen LogP contribution in [0.3, 0.4) is 0 Å². The number of esters is 1. The van der Waals surface area contributed by atoms with Crippen molar-refractivity contribution in [1.82, 2.24) is 4.90 Å². The Morgan fingerprint density at radius 1 is 1.07 bits per heavy atom. The van der Waals surface area contributed by atoms with E-state index < -0.39 is 16.9 Å². The Morgan fingerprint density at radius 3 is 1.87 bits per heavy atom. The molecule has 0 aromatic heterocycles. The molecule has 170 valence electrons. The highest BCUT2D eigenvalue weighted by Crippen LogP contribution is 2.42. The van der Waals surface area contributed by atoms with Crippen molar-refractivity contribution in [1.29, 1.82) is 0 Å². The van der Waals surface area contributed by atoms with Gasteiger partial charge in [0, 0.05) is 29.0 Å². The molecule has 0 radical (unpaired) electrons. The third-order valence-electron chi connectivity index (χ3n) is 5.26. The Kier molecular flexibility index (Phi) is 8.84. The van der Waals surface area contributed by atoms with E-state index in [1.165, 1.54) is 0 Å². The highest BCUT2D eigenvalue weighted by Gasteiger charge is 2.36. The monoisotopic (exact) mass is 422 g/mol. The molecular weight excluding hydrogens is 384 g/mol. The predicted octanol–water partition coefficient (Wildman–Crippen LogP) is 4.57. The average molecular weight is 423 g/mol. The Hall–Kier alpha value is -2.15. The van der Waals surface area contributed by atoms with Crippen LogP contribution < -0.4 is 9.47 Å². The second-order valence-corrected chi connectivity index (χ2v) is 9.59. The predicted molar refractivity (Wildman–Crippen MR) is 119 cm³/mol. The van der Waals surface area contributed by atoms with Crippen molar-refractivity contribution in [3.63, 3.8) is 0 Å². The van der Waals surface area contributed by atoms with E-state index in [-0.39, 0.29) is 17.3 Å². The van der Waals surface area contributed by atoms with Crippen molar-refractivity contribution in [2.24, 2.45) is 0 Å². The summed E-state index contributed by atoms with van der Waals surface area (Å²) < 4.78 is 11.3. The van der Waals surface area contributed by atoms with Gasteiger partial charge in [0.1, 0.15) is 11.5 Å². The second kappa shape index (κ2) is 10.2. The van der Waals surface area contributed by atoms with Crippen molar-refractivity contribution in [2.45, 2.75) is 78.7 Å². The third-order valence-corrected chi connectivity index (χ3v) is 5.26. The van der Waals surface area contributed by atoms with Gasteiger partial charge < -0.3 is 14.4 Å². The summed E-state index contributed by atoms with van der Waals surface area (Å²) in [7, 11) is 1.59. The normalized spacial score (nSPS) is 13.3. The number of nitro groups is 1. The number of nitrogens with zero attached hydrogens (tertiary/aromatic N) is 2. The number of carbonyl (C=O) groups is 1. The van der Waals surface area contributed by atoms with Crippen LogP contribution >= 0.6 is 0 Å². The quantitative estimate of drug-likeness (QED) is 0.251. The van der Waals surface area contributed by atoms with E-state index in [0.29, 0.717) is 18.0 Å². The molecule has 0 N–H and O–H groups in total. The first-order valence-corrected chi connectivity index (χ1v) is 10.6. The summed E-state index contributed by atoms with van der Waals surface area (Å²) in [5, 5.41) is 11.7. The van der Waals surface area contributed by atoms with Gasteiger partial charge in [-0.3, -0.25) is 10.1 Å². The Labute approximate surface area is 180 Å². The first-order valence-electron chi connectivity index (χ1n) is 10.6. The fourth-order valence-corrected chi connectivity index (χ4v) is 3.27. The fraction of sp³-hybridized carbons (Fsp3) is 0.696. The van der Waals surface area contributed by atoms with E-state index >= 15 is 0 Å². The molecule has 0 amide bonds. The maximum absolute atomic E-state index is 12.9. The molecule has 0 spiro atoms. The molecular formula is C23H38N2O5. The van der Waals surface area contributed by atoms with Gasteiger partial charge in [0.05, 0.1) is 7.11 Å². The van der Waals surface area contributed by atoms with E-state index in [1.807, 2.05) is 67.5 Å². The van der Waals surface area contributed by atoms with Gasteiger partial charge in [-0.15, -0.1) is 0 Å². The van der Waals surface area contributed by atoms with Crippen LogP contribution in [0.2, 0.25) is 0 Å². The maximum Gasteiger partial charge on any atom is 0.387 e. The van der Waals surface area contributed by atoms with E-state index in [4.69, 9.17) is 9.47 Å². The lowest BCUT2D eigenvalue weighted by atomic mass is 9.79. The lowest BCUT2D eigenvalue weighted by molar-refractivity contribution is -0.510. The highest BCUT2D eigenvalue weighted by molar-refractivity contribution is 5.78. The summed E-state index contributed by atoms with van der Waals surface area (Å²) in [4.78, 5) is 26.1. The molecule has 0 saturated heterocycles. The Bertz CT molecular complexity index is 708. The van der Waals surface area contributed by atoms with Crippen molar-refractivity contribution >= 4 is 5.97 Å². The minimum absolute atomic E-state index is 0.110. The summed E-state index contributed by atoms with van der Waals surface area (Å²) in [6.45, 7) is 18.1. The highest BCUT2D eigenvalue weighted by atomic mass is 16.6. The van der Waals surface area contributed by atoms with Gasteiger partial charge in [-0.05, 0) is 36.1 Å². The maximum atomic E-state index is 12.9. The lowest BCUT2D eigenvalue weighted by Gasteiger charge is -2.30. The standard InChI is InChI=1S/C23H38N2O5/c1-10-24(11-2)13-12-19(25(27)28)21(26)30-20-17(22(3,4)5)14-16(29-9)15-18(20)23(6,7)8/h14-15,19H,10-13H2,1-9H3. The first-order chi connectivity index (χ1) is 13.8. The molecule has 0 aliphatic carbocycles. The number of methoxy groups -OCH3 is 1. The molecule has 1 unspecified atom stereocenters. The first kappa shape index (κ1) is 25.9. The SMILES string of the molecule is CCN(CC)CCC(C(=O)Oc1c(C(C)(C)C)cc(OC)cc1C(C)(C)C)[N+](=O)[O-]. The zero-order valence-corrected chi connectivity index (χ0v) is 20.0. The van der Waals surface area contributed by atoms with Crippen LogP contribution in [0.5, 0.6) is 11.5 Å². The molecule has 0 aliphatic heterocycles. The summed E-state index contributed by atoms with van der Waals surface area (Å²) in [5.41, 5.74) is 0.863. The zero-order valence-electron chi connectivity index (χ0n) is 20.0. The minimum atomic E-state index is -1.41. The molecule has 0 saturated carbocycles. The van der Waals surface area contributed by atoms with Crippen molar-refractivity contribution in [3.8, 4) is 11.5 Å². The smallest absolute Gasteiger partial charge is 0.387 e. The van der Waals surface area contributed by atoms with Crippen molar-refractivity contribution < 1.29 is 19.2 Å². The molecule has 1 aromatic rings. The zero-order chi connectivity index (χ0) is 23.3. The fourth-order valence-electron chi connectivity index (χ4n) is 3.27. The van der Waals surface area contributed by atoms with Gasteiger partial charge in [0.25, 0.3) is 0 Å². The Morgan fingerprint density at radius 2 is 1.53 bits per heavy atom. The van der Waals surface area contributed by atoms with Crippen LogP contribution in [0, 0.1) is 10.1 Å². The average Bonchev–Trinajstić information content (AvgIpc) is 2.63. The summed E-state index contributed by atoms with van der Waals surface area (Å²) in [5.74, 6) is 0.237. The molecule has 1 aromatic carbocycles. The van der Waals surface area contributed by atoms with Gasteiger partial charge >= 0.3 is 12.0 Å². The van der Waals surface area contributed by atoms with Gasteiger partial charge in [-0.2, -0.15) is 0 Å². The van der Waals surface area contributed by atoms with Crippen molar-refractivity contribution in [2.75, 3.05) is 26.7 Å². The molecule has 7 nitrogen and oxygen atoms in total. The van der Waals surface area contributed by atoms with Gasteiger partial charge in [0.2, 0.25) is 0 Å². The molecule has 30 heavy (non-hydrogen) atoms. The number of benzene rings is 1. The summed E-state index contributed by atoms with van der Waals surface area (Å²) >= 11 is 0. The number of hydrogen-bond donors (Lipinski definition) is 0. The lowest BCUT2D eigenvalue weighted by Crippen LogP contribution is -2.38. The molecule has 1 atom stereocenters. The molecule has 0 aliphatic rings. The van der Waals surface area contributed by atoms with E-state index in [1.54, 1.807) is 7.11 Å². The number of hydrogen-bond acceptors (Lipinski definition) is 6. The summed E-state index contributed by atoms with van der Waals surface area (Å²) in [6, 6.07) is 2.28. The molecule has 0 fully saturated rings. The molecule has 0 bridgehead atoms. The summed E-state index contributed by atoms with van der Waals surface area (Å²) in [6.07, 6.45) is 0.110. The van der Waals surface area contributed by atoms with Crippen LogP contribution in [-0.2, 0) is 15.6 Å².